The zero-order valence-corrected chi connectivity index (χ0v) is 17.2. The number of benzene rings is 1. The Balaban J connectivity index is 1.49. The Bertz CT molecular complexity index is 868. The van der Waals surface area contributed by atoms with Crippen molar-refractivity contribution in [1.82, 2.24) is 15.3 Å². The predicted molar refractivity (Wildman–Crippen MR) is 116 cm³/mol. The van der Waals surface area contributed by atoms with Crippen LogP contribution in [0.25, 0.3) is 0 Å². The van der Waals surface area contributed by atoms with Crippen LogP contribution in [0.4, 0.5) is 17.5 Å². The van der Waals surface area contributed by atoms with Gasteiger partial charge in [0.05, 0.1) is 11.6 Å². The van der Waals surface area contributed by atoms with E-state index < -0.39 is 0 Å². The van der Waals surface area contributed by atoms with Crippen molar-refractivity contribution in [2.75, 3.05) is 23.3 Å². The molecule has 2 aliphatic rings. The van der Waals surface area contributed by atoms with E-state index in [1.54, 1.807) is 6.07 Å². The van der Waals surface area contributed by atoms with Crippen molar-refractivity contribution in [3.05, 3.63) is 41.6 Å². The lowest BCUT2D eigenvalue weighted by Gasteiger charge is -2.21. The van der Waals surface area contributed by atoms with Crippen LogP contribution in [0.5, 0.6) is 0 Å². The van der Waals surface area contributed by atoms with Gasteiger partial charge in [-0.25, -0.2) is 4.98 Å². The van der Waals surface area contributed by atoms with E-state index in [2.05, 4.69) is 34.6 Å². The van der Waals surface area contributed by atoms with E-state index in [9.17, 15) is 0 Å². The largest absolute Gasteiger partial charge is 0.355 e. The molecule has 6 heteroatoms. The van der Waals surface area contributed by atoms with Gasteiger partial charge in [-0.1, -0.05) is 32.3 Å². The van der Waals surface area contributed by atoms with Crippen molar-refractivity contribution in [2.24, 2.45) is 0 Å². The molecule has 1 atom stereocenters. The Morgan fingerprint density at radius 1 is 1.14 bits per heavy atom. The van der Waals surface area contributed by atoms with Crippen LogP contribution in [0.2, 0.25) is 0 Å². The van der Waals surface area contributed by atoms with Gasteiger partial charge in [0.25, 0.3) is 0 Å². The number of hydrogen-bond donors (Lipinski definition) is 2. The topological polar surface area (TPSA) is 76.9 Å². The quantitative estimate of drug-likeness (QED) is 0.739. The monoisotopic (exact) mass is 390 g/mol. The summed E-state index contributed by atoms with van der Waals surface area (Å²) in [7, 11) is 0. The van der Waals surface area contributed by atoms with Crippen LogP contribution >= 0.6 is 0 Å². The predicted octanol–water partition coefficient (Wildman–Crippen LogP) is 4.16. The standard InChI is InChI=1S/C23H30N6/c1-2-6-19-14-22(29-12-11-21(16-29)25-18-8-3-4-9-18)28-23(26-19)27-20-10-5-7-17(13-20)15-24/h5,7,10,13-14,18,21,25H,2-4,6,8-9,11-12,16H2,1H3,(H,26,27,28)/t21-/m0/s1. The summed E-state index contributed by atoms with van der Waals surface area (Å²) < 4.78 is 0. The Morgan fingerprint density at radius 2 is 2.00 bits per heavy atom. The number of anilines is 3. The van der Waals surface area contributed by atoms with Gasteiger partial charge in [0.15, 0.2) is 0 Å². The lowest BCUT2D eigenvalue weighted by atomic mass is 10.2. The molecule has 2 N–H and O–H groups in total. The summed E-state index contributed by atoms with van der Waals surface area (Å²) in [5.74, 6) is 1.60. The smallest absolute Gasteiger partial charge is 0.229 e. The Kier molecular flexibility index (Phi) is 6.26. The first-order valence-electron chi connectivity index (χ1n) is 10.9. The maximum atomic E-state index is 9.14. The molecule has 2 aromatic rings. The first-order chi connectivity index (χ1) is 14.2. The molecule has 0 bridgehead atoms. The summed E-state index contributed by atoms with van der Waals surface area (Å²) in [6.45, 7) is 4.20. The summed E-state index contributed by atoms with van der Waals surface area (Å²) in [6.07, 6.45) is 8.51. The highest BCUT2D eigenvalue weighted by atomic mass is 15.3. The van der Waals surface area contributed by atoms with Gasteiger partial charge < -0.3 is 15.5 Å². The number of nitrogens with one attached hydrogen (secondary N) is 2. The molecule has 0 spiro atoms. The number of nitriles is 1. The van der Waals surface area contributed by atoms with Crippen LogP contribution in [0.1, 0.15) is 56.7 Å². The molecule has 6 nitrogen and oxygen atoms in total. The maximum absolute atomic E-state index is 9.14. The third-order valence-electron chi connectivity index (χ3n) is 5.86. The summed E-state index contributed by atoms with van der Waals surface area (Å²) in [4.78, 5) is 11.9. The van der Waals surface area contributed by atoms with Crippen LogP contribution in [0.3, 0.4) is 0 Å². The van der Waals surface area contributed by atoms with Crippen molar-refractivity contribution in [2.45, 2.75) is 64.0 Å². The highest BCUT2D eigenvalue weighted by Crippen LogP contribution is 2.25. The van der Waals surface area contributed by atoms with Gasteiger partial charge in [0.1, 0.15) is 5.82 Å². The fourth-order valence-electron chi connectivity index (χ4n) is 4.41. The van der Waals surface area contributed by atoms with Crippen molar-refractivity contribution in [3.63, 3.8) is 0 Å². The van der Waals surface area contributed by atoms with E-state index in [0.29, 0.717) is 23.6 Å². The zero-order chi connectivity index (χ0) is 20.1. The number of rotatable bonds is 7. The first-order valence-corrected chi connectivity index (χ1v) is 10.9. The van der Waals surface area contributed by atoms with Gasteiger partial charge in [0.2, 0.25) is 5.95 Å². The number of nitrogens with zero attached hydrogens (tertiary/aromatic N) is 4. The van der Waals surface area contributed by atoms with E-state index in [1.165, 1.54) is 25.7 Å². The second-order valence-corrected chi connectivity index (χ2v) is 8.19. The van der Waals surface area contributed by atoms with Crippen molar-refractivity contribution in [3.8, 4) is 6.07 Å². The van der Waals surface area contributed by atoms with Crippen LogP contribution < -0.4 is 15.5 Å². The van der Waals surface area contributed by atoms with E-state index >= 15 is 0 Å². The van der Waals surface area contributed by atoms with Gasteiger partial charge in [-0.3, -0.25) is 0 Å². The van der Waals surface area contributed by atoms with E-state index in [1.807, 2.05) is 18.2 Å². The lowest BCUT2D eigenvalue weighted by Crippen LogP contribution is -2.38. The third kappa shape index (κ3) is 5.04. The second kappa shape index (κ2) is 9.23. The minimum absolute atomic E-state index is 0.548. The van der Waals surface area contributed by atoms with E-state index in [0.717, 1.165) is 49.6 Å². The first kappa shape index (κ1) is 19.7. The van der Waals surface area contributed by atoms with Crippen molar-refractivity contribution in [1.29, 1.82) is 5.26 Å². The average molecular weight is 391 g/mol. The van der Waals surface area contributed by atoms with Crippen LogP contribution in [0.15, 0.2) is 30.3 Å². The molecule has 152 valence electrons. The van der Waals surface area contributed by atoms with Crippen LogP contribution in [-0.4, -0.2) is 35.1 Å². The summed E-state index contributed by atoms with van der Waals surface area (Å²) in [5, 5.41) is 16.3. The maximum Gasteiger partial charge on any atom is 0.229 e. The Morgan fingerprint density at radius 3 is 2.79 bits per heavy atom. The van der Waals surface area contributed by atoms with E-state index in [-0.39, 0.29) is 0 Å². The molecule has 0 amide bonds. The van der Waals surface area contributed by atoms with Gasteiger partial charge in [-0.2, -0.15) is 10.2 Å². The highest BCUT2D eigenvalue weighted by Gasteiger charge is 2.27. The average Bonchev–Trinajstić information content (AvgIpc) is 3.41. The molecular weight excluding hydrogens is 360 g/mol. The fraction of sp³-hybridized carbons (Fsp3) is 0.522. The molecular formula is C23H30N6. The molecule has 2 fully saturated rings. The highest BCUT2D eigenvalue weighted by molar-refractivity contribution is 5.58. The lowest BCUT2D eigenvalue weighted by molar-refractivity contribution is 0.451. The molecule has 2 heterocycles. The molecule has 29 heavy (non-hydrogen) atoms. The normalized spacial score (nSPS) is 19.4. The SMILES string of the molecule is CCCc1cc(N2CC[C@H](NC3CCCC3)C2)nc(Nc2cccc(C#N)c2)n1. The van der Waals surface area contributed by atoms with Gasteiger partial charge in [0, 0.05) is 42.6 Å². The molecule has 1 aliphatic carbocycles. The summed E-state index contributed by atoms with van der Waals surface area (Å²) >= 11 is 0. The molecule has 4 rings (SSSR count). The molecule has 1 aromatic heterocycles. The molecule has 1 saturated heterocycles. The van der Waals surface area contributed by atoms with Crippen LogP contribution in [0, 0.1) is 11.3 Å². The molecule has 1 aromatic carbocycles. The second-order valence-electron chi connectivity index (χ2n) is 8.19. The summed E-state index contributed by atoms with van der Waals surface area (Å²) in [6, 6.07) is 13.0. The molecule has 1 aliphatic heterocycles. The number of hydrogen-bond acceptors (Lipinski definition) is 6. The Hall–Kier alpha value is -2.65. The summed E-state index contributed by atoms with van der Waals surface area (Å²) in [5.41, 5.74) is 2.52. The van der Waals surface area contributed by atoms with Gasteiger partial charge in [-0.15, -0.1) is 0 Å². The van der Waals surface area contributed by atoms with Crippen molar-refractivity contribution >= 4 is 17.5 Å². The minimum atomic E-state index is 0.548. The third-order valence-corrected chi connectivity index (χ3v) is 5.86. The number of aromatic nitrogens is 2. The van der Waals surface area contributed by atoms with Crippen molar-refractivity contribution < 1.29 is 0 Å². The number of aryl methyl sites for hydroxylation is 1. The Labute approximate surface area is 173 Å². The molecule has 1 saturated carbocycles. The van der Waals surface area contributed by atoms with E-state index in [4.69, 9.17) is 15.2 Å². The molecule has 0 unspecified atom stereocenters. The minimum Gasteiger partial charge on any atom is -0.355 e. The van der Waals surface area contributed by atoms with Gasteiger partial charge in [-0.05, 0) is 43.9 Å². The van der Waals surface area contributed by atoms with Crippen LogP contribution in [-0.2, 0) is 6.42 Å². The zero-order valence-electron chi connectivity index (χ0n) is 17.2. The molecule has 0 radical (unpaired) electrons. The fourth-order valence-corrected chi connectivity index (χ4v) is 4.41. The van der Waals surface area contributed by atoms with Gasteiger partial charge >= 0.3 is 0 Å².